The Balaban J connectivity index is 0.000000148. The highest BCUT2D eigenvalue weighted by atomic mass is 32.2. The van der Waals surface area contributed by atoms with Gasteiger partial charge >= 0.3 is 0 Å². The Kier molecular flexibility index (Phi) is 3.61. The molecule has 100 valence electrons. The predicted octanol–water partition coefficient (Wildman–Crippen LogP) is -0.241. The van der Waals surface area contributed by atoms with E-state index in [0.29, 0.717) is 5.39 Å². The average Bonchev–Trinajstić information content (AvgIpc) is 2.69. The number of carbonyl (C=O) groups is 1. The van der Waals surface area contributed by atoms with Crippen LogP contribution in [0.1, 0.15) is 6.42 Å². The van der Waals surface area contributed by atoms with E-state index in [-0.39, 0.29) is 17.7 Å². The number of sulfonamides is 1. The number of nitrogens with one attached hydrogen (secondary N) is 2. The Bertz CT molecular complexity index is 761. The summed E-state index contributed by atoms with van der Waals surface area (Å²) in [6.07, 6.45) is 1.52. The number of benzene rings is 1. The van der Waals surface area contributed by atoms with Gasteiger partial charge in [0.25, 0.3) is 5.56 Å². The summed E-state index contributed by atoms with van der Waals surface area (Å²) in [5.41, 5.74) is 0.645. The van der Waals surface area contributed by atoms with Crippen LogP contribution in [0.25, 0.3) is 10.9 Å². The van der Waals surface area contributed by atoms with Crippen molar-refractivity contribution in [1.82, 2.24) is 14.7 Å². The molecule has 1 aliphatic rings. The van der Waals surface area contributed by atoms with E-state index in [1.807, 2.05) is 22.9 Å². The minimum Gasteiger partial charge on any atom is -0.313 e. The molecule has 1 aliphatic heterocycles. The van der Waals surface area contributed by atoms with Crippen LogP contribution in [0.15, 0.2) is 35.4 Å². The van der Waals surface area contributed by atoms with Crippen LogP contribution in [0.4, 0.5) is 0 Å². The molecule has 0 spiro atoms. The maximum Gasteiger partial charge on any atom is 0.258 e. The van der Waals surface area contributed by atoms with Gasteiger partial charge in [0.1, 0.15) is 0 Å². The van der Waals surface area contributed by atoms with Crippen LogP contribution in [-0.2, 0) is 14.8 Å². The molecule has 1 aromatic carbocycles. The standard InChI is InChI=1S/C8H6N2O.C3H5NO3S/c11-8-6-3-1-2-4-7(6)9-5-10-8;5-3-1-2-8(6,7)4-3/h1-5H,(H,9,10,11);1-2H2,(H,4,5). The van der Waals surface area contributed by atoms with Gasteiger partial charge in [-0.2, -0.15) is 0 Å². The first kappa shape index (κ1) is 13.2. The quantitative estimate of drug-likeness (QED) is 0.692. The van der Waals surface area contributed by atoms with E-state index in [1.54, 1.807) is 6.07 Å². The molecule has 19 heavy (non-hydrogen) atoms. The zero-order chi connectivity index (χ0) is 13.9. The predicted molar refractivity (Wildman–Crippen MR) is 68.9 cm³/mol. The third-order valence-corrected chi connectivity index (χ3v) is 3.70. The van der Waals surface area contributed by atoms with Crippen LogP contribution in [0.2, 0.25) is 0 Å². The Labute approximate surface area is 108 Å². The lowest BCUT2D eigenvalue weighted by atomic mass is 10.2. The Morgan fingerprint density at radius 3 is 2.42 bits per heavy atom. The van der Waals surface area contributed by atoms with E-state index < -0.39 is 15.9 Å². The minimum absolute atomic E-state index is 0.0498. The summed E-state index contributed by atoms with van der Waals surface area (Å²) in [6.45, 7) is 0. The van der Waals surface area contributed by atoms with Crippen molar-refractivity contribution in [3.8, 4) is 0 Å². The number of aromatic nitrogens is 2. The maximum atomic E-state index is 11.1. The van der Waals surface area contributed by atoms with Gasteiger partial charge in [-0.1, -0.05) is 12.1 Å². The van der Waals surface area contributed by atoms with Crippen molar-refractivity contribution in [3.63, 3.8) is 0 Å². The molecule has 0 atom stereocenters. The fourth-order valence-corrected chi connectivity index (χ4v) is 2.52. The fraction of sp³-hybridized carbons (Fsp3) is 0.182. The number of rotatable bonds is 0. The van der Waals surface area contributed by atoms with Crippen molar-refractivity contribution < 1.29 is 13.2 Å². The van der Waals surface area contributed by atoms with Gasteiger partial charge in [0.05, 0.1) is 23.0 Å². The van der Waals surface area contributed by atoms with Gasteiger partial charge in [-0.05, 0) is 12.1 Å². The first-order chi connectivity index (χ1) is 8.98. The second-order valence-corrected chi connectivity index (χ2v) is 5.68. The minimum atomic E-state index is -3.20. The number of carbonyl (C=O) groups excluding carboxylic acids is 1. The molecule has 2 aromatic rings. The molecule has 1 aromatic heterocycles. The highest BCUT2D eigenvalue weighted by Gasteiger charge is 2.22. The van der Waals surface area contributed by atoms with E-state index in [9.17, 15) is 18.0 Å². The van der Waals surface area contributed by atoms with Crippen LogP contribution in [0, 0.1) is 0 Å². The van der Waals surface area contributed by atoms with Crippen molar-refractivity contribution in [2.24, 2.45) is 0 Å². The van der Waals surface area contributed by atoms with Crippen LogP contribution in [0.3, 0.4) is 0 Å². The first-order valence-corrected chi connectivity index (χ1v) is 7.09. The zero-order valence-electron chi connectivity index (χ0n) is 9.79. The lowest BCUT2D eigenvalue weighted by Crippen LogP contribution is -2.20. The smallest absolute Gasteiger partial charge is 0.258 e. The summed E-state index contributed by atoms with van der Waals surface area (Å²) in [7, 11) is -3.20. The lowest BCUT2D eigenvalue weighted by molar-refractivity contribution is -0.118. The van der Waals surface area contributed by atoms with Gasteiger partial charge in [-0.25, -0.2) is 13.4 Å². The van der Waals surface area contributed by atoms with Crippen LogP contribution in [0.5, 0.6) is 0 Å². The van der Waals surface area contributed by atoms with Gasteiger partial charge in [-0.3, -0.25) is 14.3 Å². The van der Waals surface area contributed by atoms with Gasteiger partial charge in [0.15, 0.2) is 0 Å². The molecule has 0 saturated carbocycles. The SMILES string of the molecule is O=C1CCS(=O)(=O)N1.O=c1[nH]cnc2ccccc12. The van der Waals surface area contributed by atoms with Crippen LogP contribution < -0.4 is 10.3 Å². The molecular weight excluding hydrogens is 270 g/mol. The third kappa shape index (κ3) is 3.38. The molecule has 0 aliphatic carbocycles. The van der Waals surface area contributed by atoms with Gasteiger partial charge in [0.2, 0.25) is 15.9 Å². The van der Waals surface area contributed by atoms with Crippen molar-refractivity contribution in [1.29, 1.82) is 0 Å². The van der Waals surface area contributed by atoms with E-state index in [0.717, 1.165) is 5.52 Å². The number of hydrogen-bond donors (Lipinski definition) is 2. The van der Waals surface area contributed by atoms with Crippen LogP contribution in [-0.4, -0.2) is 30.0 Å². The van der Waals surface area contributed by atoms with Crippen molar-refractivity contribution in [3.05, 3.63) is 40.9 Å². The van der Waals surface area contributed by atoms with E-state index in [4.69, 9.17) is 0 Å². The molecule has 0 unspecified atom stereocenters. The summed E-state index contributed by atoms with van der Waals surface area (Å²) in [6, 6.07) is 7.24. The molecule has 8 heteroatoms. The molecule has 0 radical (unpaired) electrons. The van der Waals surface area contributed by atoms with Gasteiger partial charge < -0.3 is 4.98 Å². The zero-order valence-corrected chi connectivity index (χ0v) is 10.6. The number of nitrogens with zero attached hydrogens (tertiary/aromatic N) is 1. The van der Waals surface area contributed by atoms with Crippen LogP contribution >= 0.6 is 0 Å². The molecular formula is C11H11N3O4S. The maximum absolute atomic E-state index is 11.1. The Morgan fingerprint density at radius 2 is 1.89 bits per heavy atom. The highest BCUT2D eigenvalue weighted by Crippen LogP contribution is 2.02. The second-order valence-electron chi connectivity index (χ2n) is 3.84. The summed E-state index contributed by atoms with van der Waals surface area (Å²) in [4.78, 5) is 27.7. The van der Waals surface area contributed by atoms with Gasteiger partial charge in [-0.15, -0.1) is 0 Å². The van der Waals surface area contributed by atoms with Crippen molar-refractivity contribution >= 4 is 26.8 Å². The number of H-pyrrole nitrogens is 1. The highest BCUT2D eigenvalue weighted by molar-refractivity contribution is 7.90. The second kappa shape index (κ2) is 5.19. The molecule has 3 rings (SSSR count). The van der Waals surface area contributed by atoms with E-state index >= 15 is 0 Å². The van der Waals surface area contributed by atoms with Crippen molar-refractivity contribution in [2.75, 3.05) is 5.75 Å². The molecule has 2 N–H and O–H groups in total. The Morgan fingerprint density at radius 1 is 1.16 bits per heavy atom. The Hall–Kier alpha value is -2.22. The largest absolute Gasteiger partial charge is 0.313 e. The van der Waals surface area contributed by atoms with E-state index in [1.165, 1.54) is 6.33 Å². The molecule has 2 heterocycles. The molecule has 1 amide bonds. The topological polar surface area (TPSA) is 109 Å². The number of aromatic amines is 1. The average molecular weight is 281 g/mol. The molecule has 7 nitrogen and oxygen atoms in total. The molecule has 0 bridgehead atoms. The monoisotopic (exact) mass is 281 g/mol. The summed E-state index contributed by atoms with van der Waals surface area (Å²) in [5.74, 6) is -0.448. The fourth-order valence-electron chi connectivity index (χ4n) is 1.52. The van der Waals surface area contributed by atoms with E-state index in [2.05, 4.69) is 9.97 Å². The first-order valence-electron chi connectivity index (χ1n) is 5.44. The lowest BCUT2D eigenvalue weighted by Gasteiger charge is -1.91. The van der Waals surface area contributed by atoms with Gasteiger partial charge in [0, 0.05) is 6.42 Å². The summed E-state index contributed by atoms with van der Waals surface area (Å²) < 4.78 is 22.4. The number of hydrogen-bond acceptors (Lipinski definition) is 5. The summed E-state index contributed by atoms with van der Waals surface area (Å²) in [5, 5.41) is 0.634. The molecule has 1 fully saturated rings. The van der Waals surface area contributed by atoms with Crippen molar-refractivity contribution in [2.45, 2.75) is 6.42 Å². The number of para-hydroxylation sites is 1. The third-order valence-electron chi connectivity index (χ3n) is 2.42. The number of amides is 1. The molecule has 1 saturated heterocycles. The summed E-state index contributed by atoms with van der Waals surface area (Å²) >= 11 is 0. The number of fused-ring (bicyclic) bond motifs is 1. The normalized spacial score (nSPS) is 16.5.